The summed E-state index contributed by atoms with van der Waals surface area (Å²) < 4.78 is 0. The number of H-pyrrole nitrogens is 1. The summed E-state index contributed by atoms with van der Waals surface area (Å²) in [6.07, 6.45) is 1.17. The molecule has 2 amide bonds. The van der Waals surface area contributed by atoms with Crippen molar-refractivity contribution in [3.8, 4) is 0 Å². The number of para-hydroxylation sites is 1. The van der Waals surface area contributed by atoms with E-state index in [9.17, 15) is 14.7 Å². The van der Waals surface area contributed by atoms with Crippen LogP contribution in [0.5, 0.6) is 0 Å². The Kier molecular flexibility index (Phi) is 5.82. The first-order valence-electron chi connectivity index (χ1n) is 12.6. The van der Waals surface area contributed by atoms with Crippen molar-refractivity contribution in [1.29, 1.82) is 0 Å². The number of carbonyl (C=O) groups is 2. The van der Waals surface area contributed by atoms with E-state index in [0.717, 1.165) is 40.6 Å². The molecule has 182 valence electrons. The highest BCUT2D eigenvalue weighted by Gasteiger charge is 2.47. The Morgan fingerprint density at radius 1 is 0.917 bits per heavy atom. The van der Waals surface area contributed by atoms with Gasteiger partial charge in [-0.05, 0) is 35.6 Å². The van der Waals surface area contributed by atoms with E-state index in [1.807, 2.05) is 71.6 Å². The van der Waals surface area contributed by atoms with Crippen molar-refractivity contribution >= 4 is 22.7 Å². The molecule has 1 fully saturated rings. The molecule has 36 heavy (non-hydrogen) atoms. The second-order valence-electron chi connectivity index (χ2n) is 9.77. The Bertz CT molecular complexity index is 1400. The molecule has 0 bridgehead atoms. The highest BCUT2D eigenvalue weighted by molar-refractivity contribution is 5.97. The van der Waals surface area contributed by atoms with Crippen LogP contribution in [0.4, 0.5) is 0 Å². The predicted molar refractivity (Wildman–Crippen MR) is 138 cm³/mol. The van der Waals surface area contributed by atoms with Crippen molar-refractivity contribution in [2.45, 2.75) is 37.5 Å². The first-order valence-corrected chi connectivity index (χ1v) is 12.6. The van der Waals surface area contributed by atoms with Gasteiger partial charge in [0.2, 0.25) is 11.8 Å². The van der Waals surface area contributed by atoms with Gasteiger partial charge in [0.05, 0.1) is 25.2 Å². The lowest BCUT2D eigenvalue weighted by molar-refractivity contribution is -0.161. The summed E-state index contributed by atoms with van der Waals surface area (Å²) in [6, 6.07) is 26.9. The molecule has 2 aliphatic heterocycles. The maximum Gasteiger partial charge on any atom is 0.246 e. The number of aliphatic hydroxyl groups is 1. The number of rotatable bonds is 6. The van der Waals surface area contributed by atoms with Gasteiger partial charge in [0.15, 0.2) is 0 Å². The van der Waals surface area contributed by atoms with Crippen LogP contribution in [-0.4, -0.2) is 50.8 Å². The fourth-order valence-corrected chi connectivity index (χ4v) is 5.84. The van der Waals surface area contributed by atoms with Gasteiger partial charge in [-0.25, -0.2) is 0 Å². The summed E-state index contributed by atoms with van der Waals surface area (Å²) >= 11 is 0. The zero-order valence-corrected chi connectivity index (χ0v) is 20.0. The van der Waals surface area contributed by atoms with Crippen molar-refractivity contribution in [2.24, 2.45) is 0 Å². The molecule has 0 spiro atoms. The smallest absolute Gasteiger partial charge is 0.246 e. The van der Waals surface area contributed by atoms with Crippen LogP contribution < -0.4 is 0 Å². The molecular weight excluding hydrogens is 450 g/mol. The van der Waals surface area contributed by atoms with Crippen LogP contribution in [0, 0.1) is 0 Å². The van der Waals surface area contributed by atoms with E-state index in [1.165, 1.54) is 10.5 Å². The number of aromatic amines is 1. The first-order chi connectivity index (χ1) is 17.6. The summed E-state index contributed by atoms with van der Waals surface area (Å²) in [4.78, 5) is 34.3. The second-order valence-corrected chi connectivity index (χ2v) is 9.77. The summed E-state index contributed by atoms with van der Waals surface area (Å²) in [5, 5.41) is 11.9. The topological polar surface area (TPSA) is 76.6 Å². The van der Waals surface area contributed by atoms with Crippen molar-refractivity contribution in [3.05, 3.63) is 107 Å². The lowest BCUT2D eigenvalue weighted by atomic mass is 9.86. The molecule has 2 N–H and O–H groups in total. The number of amides is 2. The average Bonchev–Trinajstić information content (AvgIpc) is 3.29. The number of β-amino-alcohol motifs (C(OH)–C–C–N with tert-alkyl or cyclic N) is 1. The quantitative estimate of drug-likeness (QED) is 0.436. The molecule has 4 aromatic rings. The molecule has 3 aromatic carbocycles. The van der Waals surface area contributed by atoms with Gasteiger partial charge in [-0.3, -0.25) is 9.59 Å². The maximum absolute atomic E-state index is 13.8. The number of hydrogen-bond donors (Lipinski definition) is 2. The fraction of sp³-hybridized carbons (Fsp3) is 0.267. The van der Waals surface area contributed by atoms with E-state index in [4.69, 9.17) is 0 Å². The molecule has 3 atom stereocenters. The number of aliphatic hydroxyl groups excluding tert-OH is 1. The van der Waals surface area contributed by atoms with Crippen molar-refractivity contribution in [3.63, 3.8) is 0 Å². The number of fused-ring (bicyclic) bond motifs is 4. The minimum atomic E-state index is -0.837. The SMILES string of the molecule is O=C1[C@@H]2Cc3c([nH]c4ccccc34)C(CCc3ccccc3)N2C(=O)CN1CC(O)c1ccccc1. The van der Waals surface area contributed by atoms with Gasteiger partial charge >= 0.3 is 0 Å². The largest absolute Gasteiger partial charge is 0.387 e. The highest BCUT2D eigenvalue weighted by atomic mass is 16.3. The third-order valence-electron chi connectivity index (χ3n) is 7.59. The summed E-state index contributed by atoms with van der Waals surface area (Å²) in [5.74, 6) is -0.160. The van der Waals surface area contributed by atoms with Gasteiger partial charge < -0.3 is 19.9 Å². The lowest BCUT2D eigenvalue weighted by Gasteiger charge is -2.47. The number of piperazine rings is 1. The molecule has 0 aliphatic carbocycles. The monoisotopic (exact) mass is 479 g/mol. The van der Waals surface area contributed by atoms with E-state index in [1.54, 1.807) is 0 Å². The summed E-state index contributed by atoms with van der Waals surface area (Å²) in [5.41, 5.74) is 5.14. The van der Waals surface area contributed by atoms with Gasteiger partial charge in [-0.2, -0.15) is 0 Å². The van der Waals surface area contributed by atoms with E-state index in [2.05, 4.69) is 23.2 Å². The molecule has 2 unspecified atom stereocenters. The standard InChI is InChI=1S/C30H29N3O3/c34-27(21-11-5-2-6-12-21)18-32-19-28(35)33-25(16-15-20-9-3-1-4-10-20)29-23(17-26(33)30(32)36)22-13-7-8-14-24(22)31-29/h1-14,25-27,31,34H,15-19H2/t25?,26-,27?/m0/s1. The van der Waals surface area contributed by atoms with Crippen LogP contribution >= 0.6 is 0 Å². The third kappa shape index (κ3) is 3.97. The molecule has 1 aromatic heterocycles. The van der Waals surface area contributed by atoms with Crippen molar-refractivity contribution < 1.29 is 14.7 Å². The Morgan fingerprint density at radius 2 is 1.61 bits per heavy atom. The average molecular weight is 480 g/mol. The first kappa shape index (κ1) is 22.6. The van der Waals surface area contributed by atoms with Crippen LogP contribution in [0.1, 0.15) is 41.0 Å². The van der Waals surface area contributed by atoms with Crippen LogP contribution in [0.3, 0.4) is 0 Å². The molecule has 0 saturated carbocycles. The number of aryl methyl sites for hydroxylation is 1. The van der Waals surface area contributed by atoms with Gasteiger partial charge in [-0.15, -0.1) is 0 Å². The Labute approximate surface area is 210 Å². The molecule has 1 saturated heterocycles. The van der Waals surface area contributed by atoms with Gasteiger partial charge in [0.1, 0.15) is 6.04 Å². The minimum Gasteiger partial charge on any atom is -0.387 e. The Balaban J connectivity index is 1.33. The molecule has 6 nitrogen and oxygen atoms in total. The van der Waals surface area contributed by atoms with Crippen LogP contribution in [0.25, 0.3) is 10.9 Å². The zero-order chi connectivity index (χ0) is 24.6. The Morgan fingerprint density at radius 3 is 2.39 bits per heavy atom. The second kappa shape index (κ2) is 9.28. The molecular formula is C30H29N3O3. The minimum absolute atomic E-state index is 0.0172. The normalized spacial score (nSPS) is 20.4. The number of carbonyl (C=O) groups excluding carboxylic acids is 2. The zero-order valence-electron chi connectivity index (χ0n) is 20.0. The van der Waals surface area contributed by atoms with Crippen LogP contribution in [-0.2, 0) is 22.4 Å². The number of aromatic nitrogens is 1. The predicted octanol–water partition coefficient (Wildman–Crippen LogP) is 4.17. The molecule has 6 heteroatoms. The van der Waals surface area contributed by atoms with E-state index in [-0.39, 0.29) is 30.9 Å². The van der Waals surface area contributed by atoms with Gasteiger partial charge in [0, 0.05) is 23.0 Å². The van der Waals surface area contributed by atoms with Gasteiger partial charge in [0.25, 0.3) is 0 Å². The molecule has 3 heterocycles. The van der Waals surface area contributed by atoms with Crippen LogP contribution in [0.15, 0.2) is 84.9 Å². The van der Waals surface area contributed by atoms with E-state index >= 15 is 0 Å². The highest BCUT2D eigenvalue weighted by Crippen LogP contribution is 2.41. The fourth-order valence-electron chi connectivity index (χ4n) is 5.84. The molecule has 6 rings (SSSR count). The van der Waals surface area contributed by atoms with Crippen LogP contribution in [0.2, 0.25) is 0 Å². The van der Waals surface area contributed by atoms with Crippen molar-refractivity contribution in [1.82, 2.24) is 14.8 Å². The maximum atomic E-state index is 13.8. The summed E-state index contributed by atoms with van der Waals surface area (Å²) in [7, 11) is 0. The lowest BCUT2D eigenvalue weighted by Crippen LogP contribution is -2.63. The number of nitrogens with zero attached hydrogens (tertiary/aromatic N) is 2. The number of hydrogen-bond acceptors (Lipinski definition) is 3. The number of benzene rings is 3. The number of nitrogens with one attached hydrogen (secondary N) is 1. The van der Waals surface area contributed by atoms with E-state index < -0.39 is 12.1 Å². The Hall–Kier alpha value is -3.90. The van der Waals surface area contributed by atoms with Gasteiger partial charge in [-0.1, -0.05) is 78.9 Å². The van der Waals surface area contributed by atoms with Crippen molar-refractivity contribution in [2.75, 3.05) is 13.1 Å². The summed E-state index contributed by atoms with van der Waals surface area (Å²) in [6.45, 7) is 0.0883. The van der Waals surface area contributed by atoms with E-state index in [0.29, 0.717) is 6.42 Å². The third-order valence-corrected chi connectivity index (χ3v) is 7.59. The molecule has 2 aliphatic rings. The molecule has 0 radical (unpaired) electrons.